The minimum absolute atomic E-state index is 0.392. The van der Waals surface area contributed by atoms with Crippen LogP contribution in [0.3, 0.4) is 0 Å². The number of anilines is 1. The van der Waals surface area contributed by atoms with E-state index in [4.69, 9.17) is 5.11 Å². The van der Waals surface area contributed by atoms with Gasteiger partial charge in [0.25, 0.3) is 0 Å². The van der Waals surface area contributed by atoms with E-state index in [2.05, 4.69) is 20.6 Å². The lowest BCUT2D eigenvalue weighted by atomic mass is 10.2. The van der Waals surface area contributed by atoms with E-state index in [1.54, 1.807) is 0 Å². The minimum atomic E-state index is -0.941. The standard InChI is InChI=1S/C7H8N4O2/c12-7(13)5-4-6(11-3-10-5)9-2-1-8-4/h1-2,5,10H,3H2,(H,9,11)(H,12,13). The highest BCUT2D eigenvalue weighted by Gasteiger charge is 2.27. The second-order valence-electron chi connectivity index (χ2n) is 2.62. The third-order valence-electron chi connectivity index (χ3n) is 1.81. The Hall–Kier alpha value is -1.69. The average Bonchev–Trinajstić information content (AvgIpc) is 2.17. The van der Waals surface area contributed by atoms with E-state index in [0.717, 1.165) is 0 Å². The van der Waals surface area contributed by atoms with E-state index in [0.29, 0.717) is 18.2 Å². The summed E-state index contributed by atoms with van der Waals surface area (Å²) in [7, 11) is 0. The van der Waals surface area contributed by atoms with Crippen molar-refractivity contribution in [1.29, 1.82) is 0 Å². The summed E-state index contributed by atoms with van der Waals surface area (Å²) in [6.07, 6.45) is 3.00. The number of carboxylic acids is 1. The van der Waals surface area contributed by atoms with Gasteiger partial charge in [-0.25, -0.2) is 4.98 Å². The molecule has 1 aromatic rings. The van der Waals surface area contributed by atoms with Crippen LogP contribution in [0.5, 0.6) is 0 Å². The lowest BCUT2D eigenvalue weighted by molar-refractivity contribution is -0.139. The zero-order chi connectivity index (χ0) is 9.26. The van der Waals surface area contributed by atoms with Gasteiger partial charge in [-0.05, 0) is 0 Å². The number of hydrogen-bond donors (Lipinski definition) is 3. The van der Waals surface area contributed by atoms with E-state index in [1.807, 2.05) is 0 Å². The van der Waals surface area contributed by atoms with Gasteiger partial charge in [0, 0.05) is 12.4 Å². The molecule has 0 aromatic carbocycles. The van der Waals surface area contributed by atoms with Crippen LogP contribution in [0.1, 0.15) is 11.7 Å². The maximum Gasteiger partial charge on any atom is 0.327 e. The molecule has 68 valence electrons. The van der Waals surface area contributed by atoms with Gasteiger partial charge in [-0.3, -0.25) is 15.1 Å². The molecule has 13 heavy (non-hydrogen) atoms. The van der Waals surface area contributed by atoms with Crippen molar-refractivity contribution in [2.45, 2.75) is 6.04 Å². The molecular weight excluding hydrogens is 172 g/mol. The van der Waals surface area contributed by atoms with Gasteiger partial charge in [0.15, 0.2) is 11.9 Å². The number of fused-ring (bicyclic) bond motifs is 1. The smallest absolute Gasteiger partial charge is 0.327 e. The Morgan fingerprint density at radius 3 is 3.08 bits per heavy atom. The maximum atomic E-state index is 10.8. The Labute approximate surface area is 74.0 Å². The quantitative estimate of drug-likeness (QED) is 0.543. The van der Waals surface area contributed by atoms with Crippen molar-refractivity contribution in [3.8, 4) is 0 Å². The van der Waals surface area contributed by atoms with Crippen molar-refractivity contribution in [3.63, 3.8) is 0 Å². The Bertz CT molecular complexity index is 341. The van der Waals surface area contributed by atoms with Crippen LogP contribution in [0.4, 0.5) is 5.82 Å². The number of nitrogens with one attached hydrogen (secondary N) is 2. The molecular formula is C7H8N4O2. The number of carboxylic acid groups (broad SMARTS) is 1. The van der Waals surface area contributed by atoms with Crippen molar-refractivity contribution >= 4 is 11.8 Å². The van der Waals surface area contributed by atoms with Crippen LogP contribution in [0.2, 0.25) is 0 Å². The van der Waals surface area contributed by atoms with Crippen molar-refractivity contribution in [3.05, 3.63) is 18.1 Å². The molecule has 0 amide bonds. The highest BCUT2D eigenvalue weighted by molar-refractivity contribution is 5.77. The normalized spacial score (nSPS) is 20.2. The zero-order valence-corrected chi connectivity index (χ0v) is 6.69. The van der Waals surface area contributed by atoms with E-state index in [-0.39, 0.29) is 0 Å². The Kier molecular flexibility index (Phi) is 1.82. The minimum Gasteiger partial charge on any atom is -0.480 e. The first-order valence-electron chi connectivity index (χ1n) is 3.80. The molecule has 1 aliphatic rings. The van der Waals surface area contributed by atoms with Gasteiger partial charge < -0.3 is 10.4 Å². The molecule has 0 bridgehead atoms. The fourth-order valence-corrected chi connectivity index (χ4v) is 1.23. The van der Waals surface area contributed by atoms with E-state index in [1.165, 1.54) is 12.4 Å². The fraction of sp³-hybridized carbons (Fsp3) is 0.286. The Morgan fingerprint density at radius 2 is 2.31 bits per heavy atom. The summed E-state index contributed by atoms with van der Waals surface area (Å²) >= 11 is 0. The first-order valence-corrected chi connectivity index (χ1v) is 3.80. The summed E-state index contributed by atoms with van der Waals surface area (Å²) in [4.78, 5) is 18.7. The largest absolute Gasteiger partial charge is 0.480 e. The number of hydrogen-bond acceptors (Lipinski definition) is 5. The molecule has 1 atom stereocenters. The van der Waals surface area contributed by atoms with E-state index in [9.17, 15) is 4.79 Å². The Morgan fingerprint density at radius 1 is 1.54 bits per heavy atom. The molecule has 0 radical (unpaired) electrons. The summed E-state index contributed by atoms with van der Waals surface area (Å²) in [5.74, 6) is -0.406. The van der Waals surface area contributed by atoms with Gasteiger partial charge in [-0.2, -0.15) is 0 Å². The summed E-state index contributed by atoms with van der Waals surface area (Å²) in [5.41, 5.74) is 0.432. The first-order chi connectivity index (χ1) is 6.29. The predicted octanol–water partition coefficient (Wildman–Crippen LogP) is -0.425. The molecule has 0 saturated heterocycles. The van der Waals surface area contributed by atoms with Crippen LogP contribution < -0.4 is 10.6 Å². The van der Waals surface area contributed by atoms with Gasteiger partial charge in [0.1, 0.15) is 5.69 Å². The number of carbonyl (C=O) groups is 1. The van der Waals surface area contributed by atoms with Crippen LogP contribution in [0.15, 0.2) is 12.4 Å². The molecule has 0 saturated carbocycles. The van der Waals surface area contributed by atoms with Gasteiger partial charge >= 0.3 is 5.97 Å². The molecule has 0 aliphatic carbocycles. The fourth-order valence-electron chi connectivity index (χ4n) is 1.23. The molecule has 2 rings (SSSR count). The third-order valence-corrected chi connectivity index (χ3v) is 1.81. The second-order valence-corrected chi connectivity index (χ2v) is 2.62. The SMILES string of the molecule is O=C(O)C1NCNc2nccnc21. The van der Waals surface area contributed by atoms with Gasteiger partial charge in [0.2, 0.25) is 0 Å². The van der Waals surface area contributed by atoms with Crippen molar-refractivity contribution in [2.24, 2.45) is 0 Å². The summed E-state index contributed by atoms with van der Waals surface area (Å²) in [6.45, 7) is 0.392. The monoisotopic (exact) mass is 180 g/mol. The zero-order valence-electron chi connectivity index (χ0n) is 6.69. The molecule has 1 aliphatic heterocycles. The van der Waals surface area contributed by atoms with Crippen molar-refractivity contribution in [1.82, 2.24) is 15.3 Å². The Balaban J connectivity index is 2.42. The number of nitrogens with zero attached hydrogens (tertiary/aromatic N) is 2. The number of aromatic nitrogens is 2. The molecule has 1 unspecified atom stereocenters. The summed E-state index contributed by atoms with van der Waals surface area (Å²) in [5, 5.41) is 14.5. The third kappa shape index (κ3) is 1.31. The van der Waals surface area contributed by atoms with Crippen LogP contribution in [0.25, 0.3) is 0 Å². The van der Waals surface area contributed by atoms with Gasteiger partial charge in [-0.15, -0.1) is 0 Å². The topological polar surface area (TPSA) is 87.1 Å². The highest BCUT2D eigenvalue weighted by atomic mass is 16.4. The number of rotatable bonds is 1. The lowest BCUT2D eigenvalue weighted by Gasteiger charge is -2.22. The summed E-state index contributed by atoms with van der Waals surface area (Å²) in [6, 6.07) is -0.759. The van der Waals surface area contributed by atoms with Crippen LogP contribution in [-0.2, 0) is 4.79 Å². The predicted molar refractivity (Wildman–Crippen MR) is 44.0 cm³/mol. The highest BCUT2D eigenvalue weighted by Crippen LogP contribution is 2.20. The molecule has 0 spiro atoms. The van der Waals surface area contributed by atoms with E-state index >= 15 is 0 Å². The molecule has 3 N–H and O–H groups in total. The summed E-state index contributed by atoms with van der Waals surface area (Å²) < 4.78 is 0. The van der Waals surface area contributed by atoms with E-state index < -0.39 is 12.0 Å². The van der Waals surface area contributed by atoms with Crippen LogP contribution >= 0.6 is 0 Å². The van der Waals surface area contributed by atoms with Crippen LogP contribution in [-0.4, -0.2) is 27.7 Å². The molecule has 6 heteroatoms. The lowest BCUT2D eigenvalue weighted by Crippen LogP contribution is -2.38. The first kappa shape index (κ1) is 7.93. The molecule has 0 fully saturated rings. The van der Waals surface area contributed by atoms with Crippen molar-refractivity contribution in [2.75, 3.05) is 12.0 Å². The molecule has 2 heterocycles. The van der Waals surface area contributed by atoms with Crippen molar-refractivity contribution < 1.29 is 9.90 Å². The molecule has 1 aromatic heterocycles. The van der Waals surface area contributed by atoms with Gasteiger partial charge in [-0.1, -0.05) is 0 Å². The average molecular weight is 180 g/mol. The second kappa shape index (κ2) is 2.98. The molecule has 6 nitrogen and oxygen atoms in total. The van der Waals surface area contributed by atoms with Gasteiger partial charge in [0.05, 0.1) is 6.67 Å². The number of aliphatic carboxylic acids is 1. The maximum absolute atomic E-state index is 10.8. The van der Waals surface area contributed by atoms with Crippen LogP contribution in [0, 0.1) is 0 Å².